The first kappa shape index (κ1) is 10.3. The Morgan fingerprint density at radius 2 is 2.29 bits per heavy atom. The van der Waals surface area contributed by atoms with E-state index in [0.29, 0.717) is 5.92 Å². The van der Waals surface area contributed by atoms with Gasteiger partial charge in [0.05, 0.1) is 0 Å². The van der Waals surface area contributed by atoms with Crippen LogP contribution in [0, 0.1) is 0 Å². The van der Waals surface area contributed by atoms with Gasteiger partial charge in [0.1, 0.15) is 0 Å². The Balaban J connectivity index is 2.24. The van der Waals surface area contributed by atoms with Crippen LogP contribution in [-0.2, 0) is 0 Å². The average Bonchev–Trinajstić information content (AvgIpc) is 2.51. The van der Waals surface area contributed by atoms with Gasteiger partial charge >= 0.3 is 0 Å². The molecule has 1 nitrogen and oxygen atoms in total. The van der Waals surface area contributed by atoms with Crippen LogP contribution in [0.3, 0.4) is 0 Å². The Labute approximate surface area is 95.5 Å². The molecule has 2 rings (SSSR count). The van der Waals surface area contributed by atoms with E-state index < -0.39 is 0 Å². The second kappa shape index (κ2) is 4.13. The lowest BCUT2D eigenvalue weighted by Crippen LogP contribution is -2.13. The van der Waals surface area contributed by atoms with Crippen LogP contribution in [0.1, 0.15) is 17.9 Å². The van der Waals surface area contributed by atoms with Crippen molar-refractivity contribution in [2.75, 3.05) is 20.1 Å². The van der Waals surface area contributed by atoms with Gasteiger partial charge < -0.3 is 4.90 Å². The number of halogens is 1. The van der Waals surface area contributed by atoms with Crippen molar-refractivity contribution >= 4 is 24.2 Å². The van der Waals surface area contributed by atoms with E-state index in [1.54, 1.807) is 0 Å². The summed E-state index contributed by atoms with van der Waals surface area (Å²) in [5.74, 6) is 0.599. The van der Waals surface area contributed by atoms with E-state index in [0.717, 1.165) is 16.5 Å². The molecular formula is C11H14ClNS. The zero-order valence-corrected chi connectivity index (χ0v) is 9.85. The zero-order valence-electron chi connectivity index (χ0n) is 8.20. The molecule has 0 aliphatic carbocycles. The summed E-state index contributed by atoms with van der Waals surface area (Å²) in [4.78, 5) is 3.28. The van der Waals surface area contributed by atoms with Crippen LogP contribution in [-0.4, -0.2) is 25.0 Å². The molecular weight excluding hydrogens is 214 g/mol. The van der Waals surface area contributed by atoms with Gasteiger partial charge in [0, 0.05) is 16.5 Å². The minimum Gasteiger partial charge on any atom is -0.306 e. The number of rotatable bonds is 1. The standard InChI is InChI=1S/C11H14ClNS/c1-13-5-4-8(7-13)10-3-2-9(14)6-11(10)12/h2-3,6,8,14H,4-5,7H2,1H3/t8-/m1/s1. The number of thiol groups is 1. The van der Waals surface area contributed by atoms with E-state index in [9.17, 15) is 0 Å². The van der Waals surface area contributed by atoms with Gasteiger partial charge in [-0.25, -0.2) is 0 Å². The molecule has 1 aliphatic heterocycles. The molecule has 1 heterocycles. The van der Waals surface area contributed by atoms with E-state index in [1.165, 1.54) is 18.5 Å². The first-order chi connectivity index (χ1) is 6.66. The first-order valence-corrected chi connectivity index (χ1v) is 5.66. The van der Waals surface area contributed by atoms with Crippen molar-refractivity contribution in [2.24, 2.45) is 0 Å². The molecule has 0 aromatic heterocycles. The first-order valence-electron chi connectivity index (χ1n) is 4.84. The molecule has 1 atom stereocenters. The second-order valence-electron chi connectivity index (χ2n) is 3.95. The summed E-state index contributed by atoms with van der Waals surface area (Å²) in [6, 6.07) is 6.05. The molecule has 76 valence electrons. The Morgan fingerprint density at radius 1 is 1.50 bits per heavy atom. The van der Waals surface area contributed by atoms with Crippen molar-refractivity contribution in [2.45, 2.75) is 17.2 Å². The van der Waals surface area contributed by atoms with Crippen LogP contribution in [0.15, 0.2) is 23.1 Å². The topological polar surface area (TPSA) is 3.24 Å². The molecule has 0 unspecified atom stereocenters. The maximum Gasteiger partial charge on any atom is 0.0452 e. The van der Waals surface area contributed by atoms with Crippen LogP contribution < -0.4 is 0 Å². The Hall–Kier alpha value is -0.180. The molecule has 1 aromatic carbocycles. The van der Waals surface area contributed by atoms with Gasteiger partial charge in [-0.2, -0.15) is 0 Å². The van der Waals surface area contributed by atoms with E-state index in [4.69, 9.17) is 11.6 Å². The monoisotopic (exact) mass is 227 g/mol. The fraction of sp³-hybridized carbons (Fsp3) is 0.455. The molecule has 1 fully saturated rings. The average molecular weight is 228 g/mol. The van der Waals surface area contributed by atoms with Gasteiger partial charge in [-0.05, 0) is 43.6 Å². The fourth-order valence-corrected chi connectivity index (χ4v) is 2.65. The third kappa shape index (κ3) is 2.08. The van der Waals surface area contributed by atoms with Crippen molar-refractivity contribution in [3.63, 3.8) is 0 Å². The normalized spacial score (nSPS) is 22.9. The molecule has 14 heavy (non-hydrogen) atoms. The van der Waals surface area contributed by atoms with Gasteiger partial charge in [-0.15, -0.1) is 12.6 Å². The predicted octanol–water partition coefficient (Wildman–Crippen LogP) is 3.05. The number of likely N-dealkylation sites (tertiary alicyclic amines) is 1. The Kier molecular flexibility index (Phi) is 3.05. The lowest BCUT2D eigenvalue weighted by Gasteiger charge is -2.12. The molecule has 0 saturated carbocycles. The van der Waals surface area contributed by atoms with Gasteiger partial charge in [-0.3, -0.25) is 0 Å². The van der Waals surface area contributed by atoms with Crippen LogP contribution in [0.25, 0.3) is 0 Å². The number of hydrogen-bond donors (Lipinski definition) is 1. The smallest absolute Gasteiger partial charge is 0.0452 e. The van der Waals surface area contributed by atoms with Crippen molar-refractivity contribution in [3.05, 3.63) is 28.8 Å². The van der Waals surface area contributed by atoms with Crippen LogP contribution >= 0.6 is 24.2 Å². The summed E-state index contributed by atoms with van der Waals surface area (Å²) in [5, 5.41) is 0.859. The van der Waals surface area contributed by atoms with Gasteiger partial charge in [0.25, 0.3) is 0 Å². The molecule has 1 aliphatic rings. The fourth-order valence-electron chi connectivity index (χ4n) is 2.04. The summed E-state index contributed by atoms with van der Waals surface area (Å²) in [7, 11) is 2.15. The lowest BCUT2D eigenvalue weighted by atomic mass is 9.98. The maximum absolute atomic E-state index is 6.19. The highest BCUT2D eigenvalue weighted by atomic mass is 35.5. The lowest BCUT2D eigenvalue weighted by molar-refractivity contribution is 0.411. The summed E-state index contributed by atoms with van der Waals surface area (Å²) in [6.07, 6.45) is 1.21. The largest absolute Gasteiger partial charge is 0.306 e. The van der Waals surface area contributed by atoms with E-state index in [1.807, 2.05) is 12.1 Å². The molecule has 0 N–H and O–H groups in total. The minimum absolute atomic E-state index is 0.599. The predicted molar refractivity (Wildman–Crippen MR) is 63.6 cm³/mol. The van der Waals surface area contributed by atoms with Crippen molar-refractivity contribution in [3.8, 4) is 0 Å². The molecule has 0 bridgehead atoms. The third-order valence-corrected chi connectivity index (χ3v) is 3.42. The quantitative estimate of drug-likeness (QED) is 0.722. The number of nitrogens with zero attached hydrogens (tertiary/aromatic N) is 1. The van der Waals surface area contributed by atoms with Crippen LogP contribution in [0.5, 0.6) is 0 Å². The molecule has 1 saturated heterocycles. The van der Waals surface area contributed by atoms with Gasteiger partial charge in [-0.1, -0.05) is 17.7 Å². The van der Waals surface area contributed by atoms with Gasteiger partial charge in [0.15, 0.2) is 0 Å². The molecule has 0 spiro atoms. The number of likely N-dealkylation sites (N-methyl/N-ethyl adjacent to an activating group) is 1. The molecule has 0 radical (unpaired) electrons. The summed E-state index contributed by atoms with van der Waals surface area (Å²) >= 11 is 10.5. The van der Waals surface area contributed by atoms with Crippen LogP contribution in [0.2, 0.25) is 5.02 Å². The highest BCUT2D eigenvalue weighted by Gasteiger charge is 2.22. The van der Waals surface area contributed by atoms with Crippen LogP contribution in [0.4, 0.5) is 0 Å². The minimum atomic E-state index is 0.599. The zero-order chi connectivity index (χ0) is 10.1. The number of benzene rings is 1. The van der Waals surface area contributed by atoms with Crippen molar-refractivity contribution < 1.29 is 0 Å². The highest BCUT2D eigenvalue weighted by molar-refractivity contribution is 7.80. The Bertz CT molecular complexity index is 340. The maximum atomic E-state index is 6.19. The number of hydrogen-bond acceptors (Lipinski definition) is 2. The molecule has 3 heteroatoms. The summed E-state index contributed by atoms with van der Waals surface area (Å²) in [6.45, 7) is 2.29. The Morgan fingerprint density at radius 3 is 2.86 bits per heavy atom. The third-order valence-electron chi connectivity index (χ3n) is 2.82. The highest BCUT2D eigenvalue weighted by Crippen LogP contribution is 2.32. The van der Waals surface area contributed by atoms with E-state index in [-0.39, 0.29) is 0 Å². The SMILES string of the molecule is CN1CC[C@@H](c2ccc(S)cc2Cl)C1. The van der Waals surface area contributed by atoms with E-state index in [2.05, 4.69) is 30.6 Å². The second-order valence-corrected chi connectivity index (χ2v) is 4.88. The van der Waals surface area contributed by atoms with Crippen molar-refractivity contribution in [1.29, 1.82) is 0 Å². The van der Waals surface area contributed by atoms with Gasteiger partial charge in [0.2, 0.25) is 0 Å². The van der Waals surface area contributed by atoms with E-state index >= 15 is 0 Å². The summed E-state index contributed by atoms with van der Waals surface area (Å²) in [5.41, 5.74) is 1.27. The summed E-state index contributed by atoms with van der Waals surface area (Å²) < 4.78 is 0. The van der Waals surface area contributed by atoms with Crippen molar-refractivity contribution in [1.82, 2.24) is 4.90 Å². The molecule has 0 amide bonds. The molecule has 1 aromatic rings.